The third-order valence-corrected chi connectivity index (χ3v) is 4.92. The molecule has 1 fully saturated rings. The molecular formula is C21H28N4O2. The molecule has 6 nitrogen and oxygen atoms in total. The fourth-order valence-corrected chi connectivity index (χ4v) is 3.49. The van der Waals surface area contributed by atoms with Gasteiger partial charge in [0, 0.05) is 31.0 Å². The Morgan fingerprint density at radius 3 is 2.59 bits per heavy atom. The lowest BCUT2D eigenvalue weighted by atomic mass is 9.97. The number of anilines is 1. The zero-order chi connectivity index (χ0) is 19.2. The number of ether oxygens (including phenoxy) is 1. The molecule has 1 atom stereocenters. The van der Waals surface area contributed by atoms with Crippen molar-refractivity contribution in [2.75, 3.05) is 31.6 Å². The first kappa shape index (κ1) is 19.1. The Hall–Kier alpha value is -2.63. The second-order valence-electron chi connectivity index (χ2n) is 7.12. The van der Waals surface area contributed by atoms with Crippen LogP contribution in [0.5, 0.6) is 5.75 Å². The number of benzene rings is 1. The maximum absolute atomic E-state index is 12.6. The molecule has 0 saturated carbocycles. The highest BCUT2D eigenvalue weighted by atomic mass is 16.5. The zero-order valence-electron chi connectivity index (χ0n) is 16.4. The molecule has 1 aromatic carbocycles. The number of methoxy groups -OCH3 is 1. The molecule has 1 aromatic heterocycles. The van der Waals surface area contributed by atoms with Gasteiger partial charge in [0.05, 0.1) is 13.0 Å². The molecule has 0 aliphatic carbocycles. The maximum atomic E-state index is 12.6. The molecule has 1 aliphatic rings. The number of hydrogen-bond donors (Lipinski definition) is 1. The van der Waals surface area contributed by atoms with Crippen molar-refractivity contribution in [3.05, 3.63) is 47.3 Å². The van der Waals surface area contributed by atoms with E-state index in [4.69, 9.17) is 4.74 Å². The average molecular weight is 368 g/mol. The first-order chi connectivity index (χ1) is 13.0. The lowest BCUT2D eigenvalue weighted by molar-refractivity contribution is -0.125. The Labute approximate surface area is 161 Å². The molecule has 144 valence electrons. The summed E-state index contributed by atoms with van der Waals surface area (Å²) < 4.78 is 5.17. The van der Waals surface area contributed by atoms with E-state index in [0.717, 1.165) is 48.9 Å². The van der Waals surface area contributed by atoms with Crippen molar-refractivity contribution in [3.63, 3.8) is 0 Å². The molecule has 6 heteroatoms. The molecule has 1 amide bonds. The van der Waals surface area contributed by atoms with E-state index in [0.29, 0.717) is 13.1 Å². The van der Waals surface area contributed by atoms with Crippen LogP contribution in [0.2, 0.25) is 0 Å². The smallest absolute Gasteiger partial charge is 0.225 e. The SMILES string of the molecule is COc1ccc(CCNC(=O)[C@@H]2CCCN(c3nc(C)cc(C)n3)C2)cc1. The van der Waals surface area contributed by atoms with Crippen molar-refractivity contribution in [1.82, 2.24) is 15.3 Å². The van der Waals surface area contributed by atoms with Gasteiger partial charge in [-0.15, -0.1) is 0 Å². The van der Waals surface area contributed by atoms with E-state index >= 15 is 0 Å². The molecule has 1 saturated heterocycles. The van der Waals surface area contributed by atoms with Crippen LogP contribution in [0.4, 0.5) is 5.95 Å². The summed E-state index contributed by atoms with van der Waals surface area (Å²) in [6.07, 6.45) is 2.70. The van der Waals surface area contributed by atoms with Gasteiger partial charge in [-0.2, -0.15) is 0 Å². The van der Waals surface area contributed by atoms with E-state index in [1.165, 1.54) is 5.56 Å². The number of nitrogens with zero attached hydrogens (tertiary/aromatic N) is 3. The van der Waals surface area contributed by atoms with E-state index in [2.05, 4.69) is 20.2 Å². The van der Waals surface area contributed by atoms with Gasteiger partial charge in [0.15, 0.2) is 0 Å². The van der Waals surface area contributed by atoms with Gasteiger partial charge in [0.25, 0.3) is 0 Å². The van der Waals surface area contributed by atoms with Crippen LogP contribution in [0.25, 0.3) is 0 Å². The van der Waals surface area contributed by atoms with Gasteiger partial charge in [-0.05, 0) is 56.9 Å². The summed E-state index contributed by atoms with van der Waals surface area (Å²) in [5, 5.41) is 3.09. The molecular weight excluding hydrogens is 340 g/mol. The van der Waals surface area contributed by atoms with Gasteiger partial charge in [0.2, 0.25) is 11.9 Å². The number of carbonyl (C=O) groups excluding carboxylic acids is 1. The fourth-order valence-electron chi connectivity index (χ4n) is 3.49. The molecule has 1 aliphatic heterocycles. The number of carbonyl (C=O) groups is 1. The van der Waals surface area contributed by atoms with Gasteiger partial charge in [0.1, 0.15) is 5.75 Å². The third kappa shape index (κ3) is 5.18. The van der Waals surface area contributed by atoms with Crippen LogP contribution in [0.15, 0.2) is 30.3 Å². The minimum Gasteiger partial charge on any atom is -0.497 e. The summed E-state index contributed by atoms with van der Waals surface area (Å²) in [4.78, 5) is 23.8. The highest BCUT2D eigenvalue weighted by Gasteiger charge is 2.27. The molecule has 0 unspecified atom stereocenters. The molecule has 0 spiro atoms. The van der Waals surface area contributed by atoms with Gasteiger partial charge in [-0.25, -0.2) is 9.97 Å². The van der Waals surface area contributed by atoms with Crippen molar-refractivity contribution in [2.24, 2.45) is 5.92 Å². The molecule has 2 heterocycles. The predicted octanol–water partition coefficient (Wildman–Crippen LogP) is 2.68. The van der Waals surface area contributed by atoms with Crippen molar-refractivity contribution < 1.29 is 9.53 Å². The van der Waals surface area contributed by atoms with E-state index in [1.807, 2.05) is 44.2 Å². The number of amides is 1. The van der Waals surface area contributed by atoms with Crippen molar-refractivity contribution in [3.8, 4) is 5.75 Å². The maximum Gasteiger partial charge on any atom is 0.225 e. The Balaban J connectivity index is 1.51. The number of hydrogen-bond acceptors (Lipinski definition) is 5. The molecule has 3 rings (SSSR count). The Bertz CT molecular complexity index is 756. The first-order valence-electron chi connectivity index (χ1n) is 9.53. The number of aryl methyl sites for hydroxylation is 2. The minimum absolute atomic E-state index is 0.0148. The molecule has 27 heavy (non-hydrogen) atoms. The second-order valence-corrected chi connectivity index (χ2v) is 7.12. The van der Waals surface area contributed by atoms with Crippen LogP contribution < -0.4 is 15.0 Å². The van der Waals surface area contributed by atoms with Crippen LogP contribution in [-0.2, 0) is 11.2 Å². The summed E-state index contributed by atoms with van der Waals surface area (Å²) in [5.74, 6) is 1.69. The Morgan fingerprint density at radius 2 is 1.93 bits per heavy atom. The van der Waals surface area contributed by atoms with Gasteiger partial charge in [-0.1, -0.05) is 12.1 Å². The lowest BCUT2D eigenvalue weighted by Gasteiger charge is -2.32. The molecule has 1 N–H and O–H groups in total. The van der Waals surface area contributed by atoms with E-state index in [-0.39, 0.29) is 11.8 Å². The predicted molar refractivity (Wildman–Crippen MR) is 106 cm³/mol. The molecule has 2 aromatic rings. The summed E-state index contributed by atoms with van der Waals surface area (Å²) in [6, 6.07) is 9.92. The van der Waals surface area contributed by atoms with Crippen LogP contribution in [-0.4, -0.2) is 42.6 Å². The first-order valence-corrected chi connectivity index (χ1v) is 9.53. The minimum atomic E-state index is -0.0148. The summed E-state index contributed by atoms with van der Waals surface area (Å²) in [7, 11) is 1.66. The van der Waals surface area contributed by atoms with Gasteiger partial charge in [-0.3, -0.25) is 4.79 Å². The summed E-state index contributed by atoms with van der Waals surface area (Å²) in [5.41, 5.74) is 3.11. The van der Waals surface area contributed by atoms with Crippen molar-refractivity contribution in [2.45, 2.75) is 33.1 Å². The van der Waals surface area contributed by atoms with Crippen LogP contribution in [0, 0.1) is 19.8 Å². The van der Waals surface area contributed by atoms with E-state index < -0.39 is 0 Å². The van der Waals surface area contributed by atoms with Crippen LogP contribution >= 0.6 is 0 Å². The number of piperidine rings is 1. The summed E-state index contributed by atoms with van der Waals surface area (Å²) >= 11 is 0. The number of nitrogens with one attached hydrogen (secondary N) is 1. The van der Waals surface area contributed by atoms with Crippen molar-refractivity contribution >= 4 is 11.9 Å². The highest BCUT2D eigenvalue weighted by molar-refractivity contribution is 5.79. The van der Waals surface area contributed by atoms with E-state index in [9.17, 15) is 4.79 Å². The van der Waals surface area contributed by atoms with Crippen LogP contribution in [0.1, 0.15) is 29.8 Å². The highest BCUT2D eigenvalue weighted by Crippen LogP contribution is 2.21. The fraction of sp³-hybridized carbons (Fsp3) is 0.476. The number of rotatable bonds is 6. The largest absolute Gasteiger partial charge is 0.497 e. The van der Waals surface area contributed by atoms with Crippen LogP contribution in [0.3, 0.4) is 0 Å². The number of aromatic nitrogens is 2. The summed E-state index contributed by atoms with van der Waals surface area (Å²) in [6.45, 7) is 6.18. The third-order valence-electron chi connectivity index (χ3n) is 4.92. The second kappa shape index (κ2) is 8.84. The van der Waals surface area contributed by atoms with Crippen molar-refractivity contribution in [1.29, 1.82) is 0 Å². The quantitative estimate of drug-likeness (QED) is 0.849. The van der Waals surface area contributed by atoms with Gasteiger partial charge < -0.3 is 15.0 Å². The topological polar surface area (TPSA) is 67.3 Å². The Morgan fingerprint density at radius 1 is 1.22 bits per heavy atom. The normalized spacial score (nSPS) is 16.9. The molecule has 0 radical (unpaired) electrons. The Kier molecular flexibility index (Phi) is 6.27. The average Bonchev–Trinajstić information content (AvgIpc) is 2.68. The zero-order valence-corrected chi connectivity index (χ0v) is 16.4. The molecule has 0 bridgehead atoms. The van der Waals surface area contributed by atoms with Gasteiger partial charge >= 0.3 is 0 Å². The van der Waals surface area contributed by atoms with E-state index in [1.54, 1.807) is 7.11 Å². The monoisotopic (exact) mass is 368 g/mol. The standard InChI is InChI=1S/C21H28N4O2/c1-15-13-16(2)24-21(23-15)25-12-4-5-18(14-25)20(26)22-11-10-17-6-8-19(27-3)9-7-17/h6-9,13,18H,4-5,10-12,14H2,1-3H3,(H,22,26)/t18-/m1/s1. The lowest BCUT2D eigenvalue weighted by Crippen LogP contribution is -2.44.